The van der Waals surface area contributed by atoms with Gasteiger partial charge in [-0.3, -0.25) is 4.79 Å². The summed E-state index contributed by atoms with van der Waals surface area (Å²) in [6.07, 6.45) is 8.67. The maximum Gasteiger partial charge on any atom is 0.291 e. The van der Waals surface area contributed by atoms with Crippen LogP contribution in [-0.2, 0) is 0 Å². The van der Waals surface area contributed by atoms with E-state index in [1.165, 1.54) is 40.0 Å². The van der Waals surface area contributed by atoms with E-state index in [2.05, 4.69) is 29.1 Å². The van der Waals surface area contributed by atoms with Gasteiger partial charge < -0.3 is 4.74 Å². The highest BCUT2D eigenvalue weighted by atomic mass is 32.2. The summed E-state index contributed by atoms with van der Waals surface area (Å²) in [4.78, 5) is 19.1. The zero-order valence-electron chi connectivity index (χ0n) is 17.7. The van der Waals surface area contributed by atoms with Gasteiger partial charge in [-0.15, -0.1) is 16.9 Å². The van der Waals surface area contributed by atoms with Crippen molar-refractivity contribution in [2.24, 2.45) is 0 Å². The topological polar surface area (TPSA) is 56.5 Å². The van der Waals surface area contributed by atoms with Crippen LogP contribution in [0.15, 0.2) is 58.2 Å². The van der Waals surface area contributed by atoms with Gasteiger partial charge in [0, 0.05) is 10.5 Å². The van der Waals surface area contributed by atoms with Crippen molar-refractivity contribution in [3.05, 3.63) is 69.0 Å². The fourth-order valence-corrected chi connectivity index (χ4v) is 4.54. The van der Waals surface area contributed by atoms with Crippen molar-refractivity contribution in [2.75, 3.05) is 12.9 Å². The number of ether oxygens (including phenoxy) is 1. The molecule has 0 saturated heterocycles. The van der Waals surface area contributed by atoms with Gasteiger partial charge in [-0.1, -0.05) is 49.7 Å². The van der Waals surface area contributed by atoms with Gasteiger partial charge in [0.15, 0.2) is 5.82 Å². The van der Waals surface area contributed by atoms with E-state index < -0.39 is 0 Å². The first kappa shape index (κ1) is 21.6. The van der Waals surface area contributed by atoms with E-state index in [1.807, 2.05) is 48.7 Å². The lowest BCUT2D eigenvalue weighted by Gasteiger charge is -2.06. The number of benzene rings is 2. The SMILES string of the molecule is CCCCCCOc1ccc(-c2nc3sc(=Cc4ccc(SC)cc4)c(=O)n3n2)cc1. The first-order valence-corrected chi connectivity index (χ1v) is 12.5. The number of aromatic nitrogens is 3. The van der Waals surface area contributed by atoms with Gasteiger partial charge >= 0.3 is 0 Å². The van der Waals surface area contributed by atoms with E-state index in [4.69, 9.17) is 4.74 Å². The van der Waals surface area contributed by atoms with Gasteiger partial charge in [0.2, 0.25) is 4.96 Å². The van der Waals surface area contributed by atoms with Crippen LogP contribution in [0.4, 0.5) is 0 Å². The number of thioether (sulfide) groups is 1. The standard InChI is InChI=1S/C24H25N3O2S2/c1-3-4-5-6-15-29-19-11-9-18(10-12-19)22-25-24-27(26-22)23(28)21(31-24)16-17-7-13-20(30-2)14-8-17/h7-14,16H,3-6,15H2,1-2H3. The number of hydrogen-bond acceptors (Lipinski definition) is 6. The van der Waals surface area contributed by atoms with Crippen molar-refractivity contribution >= 4 is 34.1 Å². The number of hydrogen-bond donors (Lipinski definition) is 0. The van der Waals surface area contributed by atoms with Crippen LogP contribution in [0.3, 0.4) is 0 Å². The average Bonchev–Trinajstić information content (AvgIpc) is 3.34. The minimum Gasteiger partial charge on any atom is -0.494 e. The second-order valence-corrected chi connectivity index (χ2v) is 9.14. The van der Waals surface area contributed by atoms with Gasteiger partial charge in [-0.05, 0) is 60.7 Å². The van der Waals surface area contributed by atoms with Crippen molar-refractivity contribution in [2.45, 2.75) is 37.5 Å². The molecule has 5 nitrogen and oxygen atoms in total. The molecule has 0 fully saturated rings. The Morgan fingerprint density at radius 3 is 2.52 bits per heavy atom. The minimum absolute atomic E-state index is 0.139. The molecule has 0 saturated carbocycles. The van der Waals surface area contributed by atoms with Crippen molar-refractivity contribution in [1.29, 1.82) is 0 Å². The van der Waals surface area contributed by atoms with Crippen LogP contribution >= 0.6 is 23.1 Å². The maximum absolute atomic E-state index is 12.8. The highest BCUT2D eigenvalue weighted by Gasteiger charge is 2.12. The summed E-state index contributed by atoms with van der Waals surface area (Å²) < 4.78 is 7.81. The van der Waals surface area contributed by atoms with Crippen LogP contribution in [0.1, 0.15) is 38.2 Å². The Labute approximate surface area is 189 Å². The predicted molar refractivity (Wildman–Crippen MR) is 129 cm³/mol. The minimum atomic E-state index is -0.139. The van der Waals surface area contributed by atoms with Crippen LogP contribution in [0.2, 0.25) is 0 Å². The van der Waals surface area contributed by atoms with Crippen LogP contribution in [0, 0.1) is 0 Å². The van der Waals surface area contributed by atoms with Gasteiger partial charge in [0.1, 0.15) is 5.75 Å². The first-order chi connectivity index (χ1) is 15.2. The Hall–Kier alpha value is -2.64. The molecule has 0 aliphatic heterocycles. The molecule has 0 radical (unpaired) electrons. The van der Waals surface area contributed by atoms with Gasteiger partial charge in [0.25, 0.3) is 5.56 Å². The molecule has 7 heteroatoms. The molecule has 0 spiro atoms. The van der Waals surface area contributed by atoms with E-state index in [-0.39, 0.29) is 5.56 Å². The summed E-state index contributed by atoms with van der Waals surface area (Å²) >= 11 is 3.05. The second-order valence-electron chi connectivity index (χ2n) is 7.25. The summed E-state index contributed by atoms with van der Waals surface area (Å²) in [6, 6.07) is 15.9. The van der Waals surface area contributed by atoms with Crippen molar-refractivity contribution in [3.8, 4) is 17.1 Å². The summed E-state index contributed by atoms with van der Waals surface area (Å²) in [5.74, 6) is 1.39. The van der Waals surface area contributed by atoms with Crippen LogP contribution in [-0.4, -0.2) is 27.5 Å². The molecule has 2 aromatic heterocycles. The lowest BCUT2D eigenvalue weighted by molar-refractivity contribution is 0.305. The van der Waals surface area contributed by atoms with Crippen molar-refractivity contribution in [1.82, 2.24) is 14.6 Å². The Kier molecular flexibility index (Phi) is 7.04. The summed E-state index contributed by atoms with van der Waals surface area (Å²) in [6.45, 7) is 2.93. The molecule has 0 aliphatic carbocycles. The highest BCUT2D eigenvalue weighted by Crippen LogP contribution is 2.21. The van der Waals surface area contributed by atoms with Gasteiger partial charge in [-0.25, -0.2) is 0 Å². The zero-order chi connectivity index (χ0) is 21.6. The molecule has 0 unspecified atom stereocenters. The molecule has 0 amide bonds. The second kappa shape index (κ2) is 10.1. The number of fused-ring (bicyclic) bond motifs is 1. The summed E-state index contributed by atoms with van der Waals surface area (Å²) in [5.41, 5.74) is 1.72. The quantitative estimate of drug-likeness (QED) is 0.263. The van der Waals surface area contributed by atoms with Crippen LogP contribution < -0.4 is 14.8 Å². The molecular formula is C24H25N3O2S2. The Morgan fingerprint density at radius 1 is 1.06 bits per heavy atom. The molecule has 2 heterocycles. The molecular weight excluding hydrogens is 426 g/mol. The Bertz CT molecular complexity index is 1250. The molecule has 0 aliphatic rings. The lowest BCUT2D eigenvalue weighted by Crippen LogP contribution is -2.23. The molecule has 2 aromatic carbocycles. The average molecular weight is 452 g/mol. The number of unbranched alkanes of at least 4 members (excludes halogenated alkanes) is 3. The summed E-state index contributed by atoms with van der Waals surface area (Å²) in [7, 11) is 0. The highest BCUT2D eigenvalue weighted by molar-refractivity contribution is 7.98. The molecule has 0 atom stereocenters. The zero-order valence-corrected chi connectivity index (χ0v) is 19.3. The van der Waals surface area contributed by atoms with E-state index in [0.29, 0.717) is 15.3 Å². The largest absolute Gasteiger partial charge is 0.494 e. The molecule has 4 aromatic rings. The number of thiazole rings is 1. The van der Waals surface area contributed by atoms with E-state index in [9.17, 15) is 4.79 Å². The van der Waals surface area contributed by atoms with Crippen molar-refractivity contribution < 1.29 is 4.74 Å². The van der Waals surface area contributed by atoms with Gasteiger partial charge in [0.05, 0.1) is 11.1 Å². The number of rotatable bonds is 9. The van der Waals surface area contributed by atoms with Crippen LogP contribution in [0.25, 0.3) is 22.4 Å². The molecule has 160 valence electrons. The fraction of sp³-hybridized carbons (Fsp3) is 0.292. The monoisotopic (exact) mass is 451 g/mol. The smallest absolute Gasteiger partial charge is 0.291 e. The van der Waals surface area contributed by atoms with E-state index >= 15 is 0 Å². The number of nitrogens with zero attached hydrogens (tertiary/aromatic N) is 3. The predicted octanol–water partition coefficient (Wildman–Crippen LogP) is 5.05. The Morgan fingerprint density at radius 2 is 1.84 bits per heavy atom. The first-order valence-electron chi connectivity index (χ1n) is 10.5. The third kappa shape index (κ3) is 5.17. The van der Waals surface area contributed by atoms with E-state index in [1.54, 1.807) is 11.8 Å². The molecule has 31 heavy (non-hydrogen) atoms. The molecule has 0 N–H and O–H groups in total. The molecule has 4 rings (SSSR count). The normalized spacial score (nSPS) is 12.0. The lowest BCUT2D eigenvalue weighted by atomic mass is 10.2. The maximum atomic E-state index is 12.8. The fourth-order valence-electron chi connectivity index (χ4n) is 3.23. The third-order valence-electron chi connectivity index (χ3n) is 4.97. The van der Waals surface area contributed by atoms with E-state index in [0.717, 1.165) is 29.9 Å². The molecule has 0 bridgehead atoms. The van der Waals surface area contributed by atoms with Crippen molar-refractivity contribution in [3.63, 3.8) is 0 Å². The summed E-state index contributed by atoms with van der Waals surface area (Å²) in [5, 5.41) is 4.44. The van der Waals surface area contributed by atoms with Crippen LogP contribution in [0.5, 0.6) is 5.75 Å². The Balaban J connectivity index is 1.50. The van der Waals surface area contributed by atoms with Gasteiger partial charge in [-0.2, -0.15) is 9.50 Å². The third-order valence-corrected chi connectivity index (χ3v) is 6.68.